The number of benzene rings is 1. The van der Waals surface area contributed by atoms with E-state index in [0.29, 0.717) is 5.69 Å². The third-order valence-corrected chi connectivity index (χ3v) is 3.97. The second-order valence-corrected chi connectivity index (χ2v) is 6.54. The van der Waals surface area contributed by atoms with E-state index in [4.69, 9.17) is 10.00 Å². The van der Waals surface area contributed by atoms with Gasteiger partial charge in [0.25, 0.3) is 11.8 Å². The SMILES string of the molecule is C[C@@H](OC(=O)CCN1C(=O)NC(C)(C)C1=O)C(=O)Nc1ccccc1C#N. The van der Waals surface area contributed by atoms with Crippen molar-refractivity contribution >= 4 is 29.5 Å². The van der Waals surface area contributed by atoms with Crippen LogP contribution in [0.25, 0.3) is 0 Å². The number of esters is 1. The van der Waals surface area contributed by atoms with Gasteiger partial charge in [-0.15, -0.1) is 0 Å². The fourth-order valence-electron chi connectivity index (χ4n) is 2.46. The molecule has 4 amide bonds. The van der Waals surface area contributed by atoms with Gasteiger partial charge in [-0.1, -0.05) is 12.1 Å². The number of nitriles is 1. The zero-order chi connectivity index (χ0) is 20.2. The first-order chi connectivity index (χ1) is 12.7. The molecule has 0 bridgehead atoms. The van der Waals surface area contributed by atoms with E-state index in [9.17, 15) is 19.2 Å². The molecular weight excluding hydrogens is 352 g/mol. The fourth-order valence-corrected chi connectivity index (χ4v) is 2.46. The minimum Gasteiger partial charge on any atom is -0.452 e. The third-order valence-electron chi connectivity index (χ3n) is 3.97. The number of hydrogen-bond donors (Lipinski definition) is 2. The van der Waals surface area contributed by atoms with Crippen LogP contribution in [0.2, 0.25) is 0 Å². The number of hydrogen-bond acceptors (Lipinski definition) is 6. The molecule has 27 heavy (non-hydrogen) atoms. The summed E-state index contributed by atoms with van der Waals surface area (Å²) in [5, 5.41) is 14.0. The number of anilines is 1. The summed E-state index contributed by atoms with van der Waals surface area (Å²) in [5.41, 5.74) is -0.414. The first-order valence-corrected chi connectivity index (χ1v) is 8.29. The predicted molar refractivity (Wildman–Crippen MR) is 94.3 cm³/mol. The number of carbonyl (C=O) groups is 4. The minimum absolute atomic E-state index is 0.140. The highest BCUT2D eigenvalue weighted by Crippen LogP contribution is 2.17. The van der Waals surface area contributed by atoms with Crippen LogP contribution in [0.1, 0.15) is 32.8 Å². The Hall–Kier alpha value is -3.41. The molecule has 2 N–H and O–H groups in total. The molecule has 9 nitrogen and oxygen atoms in total. The normalized spacial score (nSPS) is 16.3. The predicted octanol–water partition coefficient (Wildman–Crippen LogP) is 1.15. The van der Waals surface area contributed by atoms with E-state index in [-0.39, 0.29) is 18.5 Å². The number of ether oxygens (including phenoxy) is 1. The number of rotatable bonds is 6. The molecule has 0 aliphatic carbocycles. The summed E-state index contributed by atoms with van der Waals surface area (Å²) >= 11 is 0. The molecule has 1 aromatic carbocycles. The largest absolute Gasteiger partial charge is 0.452 e. The van der Waals surface area contributed by atoms with Gasteiger partial charge < -0.3 is 15.4 Å². The Balaban J connectivity index is 1.86. The zero-order valence-electron chi connectivity index (χ0n) is 15.2. The van der Waals surface area contributed by atoms with Crippen LogP contribution in [0, 0.1) is 11.3 Å². The van der Waals surface area contributed by atoms with E-state index in [1.807, 2.05) is 6.07 Å². The van der Waals surface area contributed by atoms with Crippen molar-refractivity contribution in [2.24, 2.45) is 0 Å². The minimum atomic E-state index is -1.11. The lowest BCUT2D eigenvalue weighted by molar-refractivity contribution is -0.153. The number of para-hydroxylation sites is 1. The summed E-state index contributed by atoms with van der Waals surface area (Å²) < 4.78 is 5.04. The first kappa shape index (κ1) is 19.9. The van der Waals surface area contributed by atoms with Crippen molar-refractivity contribution in [3.63, 3.8) is 0 Å². The van der Waals surface area contributed by atoms with Gasteiger partial charge in [0.15, 0.2) is 6.10 Å². The standard InChI is InChI=1S/C18H20N4O5/c1-11(15(24)20-13-7-5-4-6-12(13)10-19)27-14(23)8-9-22-16(25)18(2,3)21-17(22)26/h4-7,11H,8-9H2,1-3H3,(H,20,24)(H,21,26)/t11-/m1/s1. The number of nitrogens with one attached hydrogen (secondary N) is 2. The zero-order valence-corrected chi connectivity index (χ0v) is 15.2. The van der Waals surface area contributed by atoms with Gasteiger partial charge in [0.1, 0.15) is 11.6 Å². The van der Waals surface area contributed by atoms with Crippen LogP contribution in [0.15, 0.2) is 24.3 Å². The summed E-state index contributed by atoms with van der Waals surface area (Å²) in [4.78, 5) is 48.8. The molecule has 1 fully saturated rings. The van der Waals surface area contributed by atoms with Crippen LogP contribution in [-0.2, 0) is 19.1 Å². The van der Waals surface area contributed by atoms with Crippen LogP contribution in [0.4, 0.5) is 10.5 Å². The monoisotopic (exact) mass is 372 g/mol. The molecule has 0 radical (unpaired) electrons. The van der Waals surface area contributed by atoms with Crippen LogP contribution < -0.4 is 10.6 Å². The van der Waals surface area contributed by atoms with Gasteiger partial charge in [0.05, 0.1) is 17.7 Å². The second kappa shape index (κ2) is 7.86. The Morgan fingerprint density at radius 1 is 1.33 bits per heavy atom. The van der Waals surface area contributed by atoms with Gasteiger partial charge in [-0.3, -0.25) is 19.3 Å². The van der Waals surface area contributed by atoms with Crippen molar-refractivity contribution in [3.05, 3.63) is 29.8 Å². The van der Waals surface area contributed by atoms with Crippen molar-refractivity contribution in [1.82, 2.24) is 10.2 Å². The maximum Gasteiger partial charge on any atom is 0.325 e. The van der Waals surface area contributed by atoms with Crippen LogP contribution in [-0.4, -0.2) is 46.9 Å². The summed E-state index contributed by atoms with van der Waals surface area (Å²) in [6, 6.07) is 7.81. The maximum absolute atomic E-state index is 12.1. The van der Waals surface area contributed by atoms with Crippen molar-refractivity contribution in [2.45, 2.75) is 38.8 Å². The Morgan fingerprint density at radius 2 is 2.00 bits per heavy atom. The quantitative estimate of drug-likeness (QED) is 0.569. The van der Waals surface area contributed by atoms with E-state index in [2.05, 4.69) is 10.6 Å². The van der Waals surface area contributed by atoms with E-state index in [0.717, 1.165) is 4.90 Å². The molecule has 1 aromatic rings. The molecule has 0 unspecified atom stereocenters. The highest BCUT2D eigenvalue weighted by Gasteiger charge is 2.44. The molecule has 1 atom stereocenters. The topological polar surface area (TPSA) is 129 Å². The van der Waals surface area contributed by atoms with Gasteiger partial charge in [-0.2, -0.15) is 5.26 Å². The molecule has 0 spiro atoms. The smallest absolute Gasteiger partial charge is 0.325 e. The maximum atomic E-state index is 12.1. The van der Waals surface area contributed by atoms with Gasteiger partial charge in [0, 0.05) is 6.54 Å². The van der Waals surface area contributed by atoms with Gasteiger partial charge >= 0.3 is 12.0 Å². The van der Waals surface area contributed by atoms with Gasteiger partial charge in [0.2, 0.25) is 0 Å². The van der Waals surface area contributed by atoms with E-state index in [1.54, 1.807) is 38.1 Å². The number of nitrogens with zero attached hydrogens (tertiary/aromatic N) is 2. The van der Waals surface area contributed by atoms with Crippen molar-refractivity contribution < 1.29 is 23.9 Å². The lowest BCUT2D eigenvalue weighted by Gasteiger charge is -2.17. The van der Waals surface area contributed by atoms with Gasteiger partial charge in [-0.25, -0.2) is 4.79 Å². The number of urea groups is 1. The number of amides is 4. The molecule has 1 aliphatic heterocycles. The highest BCUT2D eigenvalue weighted by molar-refractivity contribution is 6.06. The molecule has 1 aliphatic rings. The van der Waals surface area contributed by atoms with Crippen molar-refractivity contribution in [3.8, 4) is 6.07 Å². The summed E-state index contributed by atoms with van der Waals surface area (Å²) in [6.45, 7) is 4.38. The van der Waals surface area contributed by atoms with Crippen LogP contribution in [0.3, 0.4) is 0 Å². The average Bonchev–Trinajstić information content (AvgIpc) is 2.80. The highest BCUT2D eigenvalue weighted by atomic mass is 16.5. The molecule has 1 saturated heterocycles. The molecule has 9 heteroatoms. The van der Waals surface area contributed by atoms with E-state index in [1.165, 1.54) is 6.92 Å². The lowest BCUT2D eigenvalue weighted by Crippen LogP contribution is -2.40. The Bertz CT molecular complexity index is 827. The number of carbonyl (C=O) groups excluding carboxylic acids is 4. The van der Waals surface area contributed by atoms with Gasteiger partial charge in [-0.05, 0) is 32.9 Å². The second-order valence-electron chi connectivity index (χ2n) is 6.54. The molecule has 1 heterocycles. The molecule has 2 rings (SSSR count). The molecule has 0 saturated carbocycles. The summed E-state index contributed by atoms with van der Waals surface area (Å²) in [6.07, 6.45) is -1.34. The summed E-state index contributed by atoms with van der Waals surface area (Å²) in [7, 11) is 0. The van der Waals surface area contributed by atoms with Crippen molar-refractivity contribution in [1.29, 1.82) is 5.26 Å². The lowest BCUT2D eigenvalue weighted by atomic mass is 10.1. The number of imide groups is 1. The molecular formula is C18H20N4O5. The van der Waals surface area contributed by atoms with Crippen LogP contribution >= 0.6 is 0 Å². The Kier molecular flexibility index (Phi) is 5.80. The Labute approximate surface area is 156 Å². The fraction of sp³-hybridized carbons (Fsp3) is 0.389. The summed E-state index contributed by atoms with van der Waals surface area (Å²) in [5.74, 6) is -1.75. The van der Waals surface area contributed by atoms with E-state index < -0.39 is 35.5 Å². The van der Waals surface area contributed by atoms with Crippen LogP contribution in [0.5, 0.6) is 0 Å². The Morgan fingerprint density at radius 3 is 2.59 bits per heavy atom. The first-order valence-electron chi connectivity index (χ1n) is 8.29. The van der Waals surface area contributed by atoms with E-state index >= 15 is 0 Å². The molecule has 0 aromatic heterocycles. The molecule has 142 valence electrons. The average molecular weight is 372 g/mol. The van der Waals surface area contributed by atoms with Crippen molar-refractivity contribution in [2.75, 3.05) is 11.9 Å². The third kappa shape index (κ3) is 4.61.